The van der Waals surface area contributed by atoms with Gasteiger partial charge in [-0.25, -0.2) is 4.98 Å². The van der Waals surface area contributed by atoms with Crippen LogP contribution in [0.25, 0.3) is 34.0 Å². The molecule has 0 N–H and O–H groups in total. The van der Waals surface area contributed by atoms with Crippen molar-refractivity contribution >= 4 is 0 Å². The molecule has 4 aromatic heterocycles. The molecular weight excluding hydrogens is 677 g/mol. The fourth-order valence-corrected chi connectivity index (χ4v) is 4.31. The molecule has 0 aliphatic heterocycles. The van der Waals surface area contributed by atoms with Gasteiger partial charge < -0.3 is 20.4 Å². The summed E-state index contributed by atoms with van der Waals surface area (Å²) >= 11 is 0. The van der Waals surface area contributed by atoms with Gasteiger partial charge >= 0.3 is 21.1 Å². The van der Waals surface area contributed by atoms with Crippen LogP contribution in [0.5, 0.6) is 0 Å². The Morgan fingerprint density at radius 2 is 1.45 bits per heavy atom. The van der Waals surface area contributed by atoms with E-state index in [2.05, 4.69) is 91.0 Å². The molecule has 210 valence electrons. The van der Waals surface area contributed by atoms with Crippen molar-refractivity contribution in [3.05, 3.63) is 90.1 Å². The zero-order valence-corrected chi connectivity index (χ0v) is 26.5. The van der Waals surface area contributed by atoms with E-state index < -0.39 is 0 Å². The number of rotatable bonds is 6. The first-order valence-electron chi connectivity index (χ1n) is 13.4. The quantitative estimate of drug-likeness (QED) is 0.189. The van der Waals surface area contributed by atoms with Crippen LogP contribution >= 0.6 is 0 Å². The van der Waals surface area contributed by atoms with Crippen molar-refractivity contribution in [3.8, 4) is 34.0 Å². The van der Waals surface area contributed by atoms with E-state index in [1.807, 2.05) is 48.8 Å². The SMILES string of the molecule is CC(C)(C)c1ccncc1.CC(C)Cc1n[n-]c(-c2cncc(-c3cc(-c4ccccc4)n[n-]3)n2)c1C(C)C.[Pt+2]. The van der Waals surface area contributed by atoms with Gasteiger partial charge in [-0.2, -0.15) is 0 Å². The number of nitrogens with zero attached hydrogens (tertiary/aromatic N) is 7. The van der Waals surface area contributed by atoms with Crippen LogP contribution in [0.4, 0.5) is 0 Å². The van der Waals surface area contributed by atoms with Gasteiger partial charge in [0.05, 0.1) is 23.8 Å². The smallest absolute Gasteiger partial charge is 0.573 e. The van der Waals surface area contributed by atoms with Crippen molar-refractivity contribution in [2.75, 3.05) is 0 Å². The summed E-state index contributed by atoms with van der Waals surface area (Å²) in [5.74, 6) is 0.827. The number of benzene rings is 1. The summed E-state index contributed by atoms with van der Waals surface area (Å²) in [6.07, 6.45) is 8.03. The van der Waals surface area contributed by atoms with E-state index in [4.69, 9.17) is 4.98 Å². The van der Waals surface area contributed by atoms with Gasteiger partial charge in [-0.05, 0) is 58.6 Å². The van der Waals surface area contributed by atoms with Crippen molar-refractivity contribution < 1.29 is 21.1 Å². The van der Waals surface area contributed by atoms with Gasteiger partial charge in [0.15, 0.2) is 0 Å². The number of aromatic nitrogens is 7. The van der Waals surface area contributed by atoms with E-state index in [1.165, 1.54) is 5.56 Å². The normalized spacial score (nSPS) is 11.2. The molecule has 0 bridgehead atoms. The molecule has 5 aromatic rings. The van der Waals surface area contributed by atoms with Crippen LogP contribution in [0.2, 0.25) is 0 Å². The molecule has 0 saturated carbocycles. The maximum atomic E-state index is 4.79. The van der Waals surface area contributed by atoms with Crippen LogP contribution in [0.3, 0.4) is 0 Å². The predicted octanol–water partition coefficient (Wildman–Crippen LogP) is 6.88. The van der Waals surface area contributed by atoms with Gasteiger partial charge in [-0.3, -0.25) is 9.97 Å². The Bertz CT molecular complexity index is 1470. The van der Waals surface area contributed by atoms with Crippen LogP contribution < -0.4 is 10.2 Å². The topological polar surface area (TPSA) is 92.6 Å². The molecule has 0 fully saturated rings. The second-order valence-electron chi connectivity index (χ2n) is 11.4. The first-order chi connectivity index (χ1) is 18.6. The second kappa shape index (κ2) is 13.8. The molecule has 7 nitrogen and oxygen atoms in total. The molecule has 8 heteroatoms. The molecule has 0 radical (unpaired) electrons. The van der Waals surface area contributed by atoms with Gasteiger partial charge in [0.2, 0.25) is 0 Å². The van der Waals surface area contributed by atoms with Crippen molar-refractivity contribution in [2.45, 2.75) is 66.2 Å². The van der Waals surface area contributed by atoms with Crippen LogP contribution in [0.1, 0.15) is 71.2 Å². The van der Waals surface area contributed by atoms with Gasteiger partial charge in [0.25, 0.3) is 0 Å². The van der Waals surface area contributed by atoms with Crippen LogP contribution in [0, 0.1) is 5.92 Å². The Balaban J connectivity index is 0.000000340. The minimum atomic E-state index is 0. The summed E-state index contributed by atoms with van der Waals surface area (Å²) in [4.78, 5) is 13.1. The summed E-state index contributed by atoms with van der Waals surface area (Å²) in [7, 11) is 0. The molecule has 5 rings (SSSR count). The van der Waals surface area contributed by atoms with Crippen LogP contribution in [-0.4, -0.2) is 25.1 Å². The van der Waals surface area contributed by atoms with E-state index >= 15 is 0 Å². The third-order valence-corrected chi connectivity index (χ3v) is 6.31. The van der Waals surface area contributed by atoms with Gasteiger partial charge in [0.1, 0.15) is 0 Å². The average molecular weight is 715 g/mol. The number of hydrogen-bond donors (Lipinski definition) is 0. The Labute approximate surface area is 252 Å². The third-order valence-electron chi connectivity index (χ3n) is 6.31. The summed E-state index contributed by atoms with van der Waals surface area (Å²) in [5, 5.41) is 17.5. The molecule has 4 heterocycles. The van der Waals surface area contributed by atoms with Crippen molar-refractivity contribution in [1.29, 1.82) is 0 Å². The summed E-state index contributed by atoms with van der Waals surface area (Å²) < 4.78 is 0. The van der Waals surface area contributed by atoms with Crippen molar-refractivity contribution in [3.63, 3.8) is 0 Å². The molecular formula is C32H37N7Pt. The molecule has 0 aliphatic rings. The van der Waals surface area contributed by atoms with Gasteiger partial charge in [-0.1, -0.05) is 90.2 Å². The summed E-state index contributed by atoms with van der Waals surface area (Å²) in [6.45, 7) is 15.3. The van der Waals surface area contributed by atoms with Crippen LogP contribution in [0.15, 0.2) is 73.3 Å². The zero-order valence-electron chi connectivity index (χ0n) is 24.2. The number of hydrogen-bond acceptors (Lipinski definition) is 5. The fourth-order valence-electron chi connectivity index (χ4n) is 4.31. The molecule has 0 aliphatic carbocycles. The van der Waals surface area contributed by atoms with E-state index in [9.17, 15) is 0 Å². The molecule has 0 amide bonds. The minimum Gasteiger partial charge on any atom is -0.573 e. The molecule has 1 aromatic carbocycles. The average Bonchev–Trinajstić information content (AvgIpc) is 3.57. The van der Waals surface area contributed by atoms with Crippen LogP contribution in [-0.2, 0) is 32.9 Å². The number of pyridine rings is 1. The van der Waals surface area contributed by atoms with E-state index in [-0.39, 0.29) is 26.5 Å². The van der Waals surface area contributed by atoms with Gasteiger partial charge in [-0.15, -0.1) is 0 Å². The Hall–Kier alpha value is -3.44. The summed E-state index contributed by atoms with van der Waals surface area (Å²) in [5.41, 5.74) is 8.56. The third kappa shape index (κ3) is 7.82. The Kier molecular flexibility index (Phi) is 10.7. The Morgan fingerprint density at radius 1 is 0.775 bits per heavy atom. The fraction of sp³-hybridized carbons (Fsp3) is 0.344. The molecule has 0 saturated heterocycles. The predicted molar refractivity (Wildman–Crippen MR) is 156 cm³/mol. The second-order valence-corrected chi connectivity index (χ2v) is 11.4. The summed E-state index contributed by atoms with van der Waals surface area (Å²) in [6, 6.07) is 16.0. The first-order valence-corrected chi connectivity index (χ1v) is 13.4. The van der Waals surface area contributed by atoms with E-state index in [0.29, 0.717) is 23.2 Å². The molecule has 0 spiro atoms. The largest absolute Gasteiger partial charge is 2.00 e. The van der Waals surface area contributed by atoms with Crippen molar-refractivity contribution in [2.24, 2.45) is 5.92 Å². The zero-order chi connectivity index (χ0) is 28.0. The van der Waals surface area contributed by atoms with E-state index in [0.717, 1.165) is 40.3 Å². The maximum absolute atomic E-state index is 4.79. The molecule has 0 unspecified atom stereocenters. The maximum Gasteiger partial charge on any atom is 2.00 e. The Morgan fingerprint density at radius 3 is 2.05 bits per heavy atom. The van der Waals surface area contributed by atoms with Crippen molar-refractivity contribution in [1.82, 2.24) is 35.3 Å². The first kappa shape index (κ1) is 31.1. The standard InChI is InChI=1S/C23H24N6.C9H13N.Pt/c1-14(2)10-19-22(15(3)4)23(29-28-19)21-13-24-12-20(25-21)18-11-17(26-27-18)16-8-6-5-7-9-16;1-9(2,3)8-4-6-10-7-5-8;/h5-9,11-15H,10H2,1-4H3;4-7H,1-3H3;/q-2;;+2. The molecule has 40 heavy (non-hydrogen) atoms. The van der Waals surface area contributed by atoms with E-state index in [1.54, 1.807) is 12.4 Å². The minimum absolute atomic E-state index is 0. The van der Waals surface area contributed by atoms with Gasteiger partial charge in [0, 0.05) is 23.8 Å². The monoisotopic (exact) mass is 714 g/mol. The molecule has 0 atom stereocenters.